The van der Waals surface area contributed by atoms with E-state index in [1.54, 1.807) is 55.6 Å². The summed E-state index contributed by atoms with van der Waals surface area (Å²) >= 11 is 0. The van der Waals surface area contributed by atoms with Crippen LogP contribution in [0.3, 0.4) is 0 Å². The summed E-state index contributed by atoms with van der Waals surface area (Å²) < 4.78 is 10.6. The van der Waals surface area contributed by atoms with Gasteiger partial charge in [0.15, 0.2) is 6.61 Å². The van der Waals surface area contributed by atoms with Crippen LogP contribution in [0.25, 0.3) is 0 Å². The van der Waals surface area contributed by atoms with Crippen LogP contribution in [0.15, 0.2) is 48.5 Å². The minimum Gasteiger partial charge on any atom is -0.497 e. The Labute approximate surface area is 182 Å². The van der Waals surface area contributed by atoms with Crippen molar-refractivity contribution < 1.29 is 19.1 Å². The zero-order valence-corrected chi connectivity index (χ0v) is 17.8. The molecule has 2 aromatic rings. The van der Waals surface area contributed by atoms with Gasteiger partial charge in [0.05, 0.1) is 7.11 Å². The first-order valence-electron chi connectivity index (χ1n) is 9.80. The number of nitrogens with one attached hydrogen (secondary N) is 3. The van der Waals surface area contributed by atoms with Gasteiger partial charge in [-0.2, -0.15) is 0 Å². The smallest absolute Gasteiger partial charge is 0.262 e. The van der Waals surface area contributed by atoms with E-state index in [0.717, 1.165) is 19.5 Å². The molecule has 0 radical (unpaired) electrons. The number of amides is 2. The summed E-state index contributed by atoms with van der Waals surface area (Å²) in [5.74, 6) is 1.46. The van der Waals surface area contributed by atoms with Gasteiger partial charge in [-0.3, -0.25) is 9.59 Å². The number of halogens is 1. The summed E-state index contributed by atoms with van der Waals surface area (Å²) in [7, 11) is 1.57. The van der Waals surface area contributed by atoms with E-state index in [1.807, 2.05) is 0 Å². The van der Waals surface area contributed by atoms with Crippen molar-refractivity contribution in [3.8, 4) is 11.5 Å². The van der Waals surface area contributed by atoms with Crippen molar-refractivity contribution in [2.75, 3.05) is 38.7 Å². The molecule has 3 N–H and O–H groups in total. The summed E-state index contributed by atoms with van der Waals surface area (Å²) in [6.45, 7) is 2.65. The Hall–Kier alpha value is -2.77. The molecule has 0 bridgehead atoms. The molecule has 0 aromatic heterocycles. The molecule has 7 nitrogen and oxygen atoms in total. The highest BCUT2D eigenvalue weighted by atomic mass is 35.5. The van der Waals surface area contributed by atoms with Crippen molar-refractivity contribution in [3.05, 3.63) is 54.1 Å². The Bertz CT molecular complexity index is 823. The highest BCUT2D eigenvalue weighted by molar-refractivity contribution is 5.94. The minimum absolute atomic E-state index is 0. The predicted molar refractivity (Wildman–Crippen MR) is 119 cm³/mol. The maximum atomic E-state index is 12.2. The first-order valence-corrected chi connectivity index (χ1v) is 9.80. The Kier molecular flexibility index (Phi) is 9.44. The maximum Gasteiger partial charge on any atom is 0.262 e. The van der Waals surface area contributed by atoms with E-state index < -0.39 is 0 Å². The molecular formula is C22H28ClN3O4. The lowest BCUT2D eigenvalue weighted by Gasteiger charge is -2.10. The molecule has 1 aliphatic rings. The van der Waals surface area contributed by atoms with Gasteiger partial charge in [0.25, 0.3) is 11.8 Å². The van der Waals surface area contributed by atoms with Crippen LogP contribution in [-0.4, -0.2) is 45.2 Å². The van der Waals surface area contributed by atoms with Gasteiger partial charge in [0.1, 0.15) is 11.5 Å². The number of carbonyl (C=O) groups is 2. The fourth-order valence-electron chi connectivity index (χ4n) is 3.20. The van der Waals surface area contributed by atoms with Crippen LogP contribution in [-0.2, 0) is 4.79 Å². The van der Waals surface area contributed by atoms with Crippen LogP contribution in [0, 0.1) is 5.92 Å². The lowest BCUT2D eigenvalue weighted by atomic mass is 10.1. The molecule has 162 valence electrons. The second kappa shape index (κ2) is 12.0. The Balaban J connectivity index is 0.00000320. The number of hydrogen-bond donors (Lipinski definition) is 3. The average molecular weight is 434 g/mol. The SMILES string of the molecule is COc1cccc(NC(=O)COc2ccc(C(=O)NCCC3CCNC3)cc2)c1.Cl. The number of anilines is 1. The van der Waals surface area contributed by atoms with Crippen molar-refractivity contribution in [1.29, 1.82) is 0 Å². The van der Waals surface area contributed by atoms with E-state index in [0.29, 0.717) is 35.2 Å². The fourth-order valence-corrected chi connectivity index (χ4v) is 3.20. The Morgan fingerprint density at radius 3 is 2.63 bits per heavy atom. The largest absolute Gasteiger partial charge is 0.497 e. The molecule has 1 heterocycles. The van der Waals surface area contributed by atoms with Gasteiger partial charge < -0.3 is 25.4 Å². The van der Waals surface area contributed by atoms with Crippen molar-refractivity contribution in [3.63, 3.8) is 0 Å². The van der Waals surface area contributed by atoms with E-state index >= 15 is 0 Å². The summed E-state index contributed by atoms with van der Waals surface area (Å²) in [5.41, 5.74) is 1.21. The molecule has 1 saturated heterocycles. The first-order chi connectivity index (χ1) is 14.1. The van der Waals surface area contributed by atoms with Crippen LogP contribution in [0.2, 0.25) is 0 Å². The van der Waals surface area contributed by atoms with Gasteiger partial charge in [0, 0.05) is 23.9 Å². The molecule has 8 heteroatoms. The zero-order valence-electron chi connectivity index (χ0n) is 17.0. The molecular weight excluding hydrogens is 406 g/mol. The fraction of sp³-hybridized carbons (Fsp3) is 0.364. The quantitative estimate of drug-likeness (QED) is 0.566. The number of rotatable bonds is 9. The third-order valence-corrected chi connectivity index (χ3v) is 4.84. The van der Waals surface area contributed by atoms with E-state index in [9.17, 15) is 9.59 Å². The number of methoxy groups -OCH3 is 1. The van der Waals surface area contributed by atoms with Gasteiger partial charge in [-0.05, 0) is 68.2 Å². The Morgan fingerprint density at radius 2 is 1.93 bits per heavy atom. The normalized spacial score (nSPS) is 15.0. The van der Waals surface area contributed by atoms with E-state index in [1.165, 1.54) is 6.42 Å². The Morgan fingerprint density at radius 1 is 1.13 bits per heavy atom. The van der Waals surface area contributed by atoms with Crippen LogP contribution >= 0.6 is 12.4 Å². The van der Waals surface area contributed by atoms with Crippen LogP contribution < -0.4 is 25.4 Å². The molecule has 1 aliphatic heterocycles. The van der Waals surface area contributed by atoms with Crippen LogP contribution in [0.5, 0.6) is 11.5 Å². The summed E-state index contributed by atoms with van der Waals surface area (Å²) in [4.78, 5) is 24.3. The van der Waals surface area contributed by atoms with E-state index in [2.05, 4.69) is 16.0 Å². The summed E-state index contributed by atoms with van der Waals surface area (Å²) in [6.07, 6.45) is 2.16. The third kappa shape index (κ3) is 7.24. The maximum absolute atomic E-state index is 12.2. The number of ether oxygens (including phenoxy) is 2. The number of hydrogen-bond acceptors (Lipinski definition) is 5. The van der Waals surface area contributed by atoms with Crippen molar-refractivity contribution in [1.82, 2.24) is 10.6 Å². The molecule has 0 aliphatic carbocycles. The zero-order chi connectivity index (χ0) is 20.5. The lowest BCUT2D eigenvalue weighted by molar-refractivity contribution is -0.118. The monoisotopic (exact) mass is 433 g/mol. The predicted octanol–water partition coefficient (Wildman–Crippen LogP) is 2.86. The van der Waals surface area contributed by atoms with Gasteiger partial charge in [-0.1, -0.05) is 6.07 Å². The standard InChI is InChI=1S/C22H27N3O4.ClH/c1-28-20-4-2-3-18(13-20)25-21(26)15-29-19-7-5-17(6-8-19)22(27)24-12-10-16-9-11-23-14-16;/h2-8,13,16,23H,9-12,14-15H2,1H3,(H,24,27)(H,25,26);1H. The molecule has 2 amide bonds. The molecule has 1 atom stereocenters. The van der Waals surface area contributed by atoms with Gasteiger partial charge >= 0.3 is 0 Å². The molecule has 1 unspecified atom stereocenters. The number of benzene rings is 2. The van der Waals surface area contributed by atoms with Crippen molar-refractivity contribution in [2.24, 2.45) is 5.92 Å². The molecule has 30 heavy (non-hydrogen) atoms. The second-order valence-electron chi connectivity index (χ2n) is 7.00. The highest BCUT2D eigenvalue weighted by Crippen LogP contribution is 2.17. The van der Waals surface area contributed by atoms with Crippen LogP contribution in [0.1, 0.15) is 23.2 Å². The van der Waals surface area contributed by atoms with Crippen molar-refractivity contribution >= 4 is 29.9 Å². The molecule has 3 rings (SSSR count). The number of carbonyl (C=O) groups excluding carboxylic acids is 2. The molecule has 2 aromatic carbocycles. The first kappa shape index (κ1) is 23.5. The van der Waals surface area contributed by atoms with Gasteiger partial charge in [-0.15, -0.1) is 12.4 Å². The highest BCUT2D eigenvalue weighted by Gasteiger charge is 2.14. The summed E-state index contributed by atoms with van der Waals surface area (Å²) in [6, 6.07) is 13.9. The molecule has 1 fully saturated rings. The van der Waals surface area contributed by atoms with Crippen molar-refractivity contribution in [2.45, 2.75) is 12.8 Å². The van der Waals surface area contributed by atoms with E-state index in [4.69, 9.17) is 9.47 Å². The lowest BCUT2D eigenvalue weighted by Crippen LogP contribution is -2.26. The minimum atomic E-state index is -0.276. The summed E-state index contributed by atoms with van der Waals surface area (Å²) in [5, 5.41) is 9.03. The average Bonchev–Trinajstić information content (AvgIpc) is 3.26. The topological polar surface area (TPSA) is 88.7 Å². The van der Waals surface area contributed by atoms with E-state index in [-0.39, 0.29) is 30.8 Å². The second-order valence-corrected chi connectivity index (χ2v) is 7.00. The van der Waals surface area contributed by atoms with Gasteiger partial charge in [-0.25, -0.2) is 0 Å². The van der Waals surface area contributed by atoms with Crippen LogP contribution in [0.4, 0.5) is 5.69 Å². The third-order valence-electron chi connectivity index (χ3n) is 4.84. The molecule has 0 saturated carbocycles. The van der Waals surface area contributed by atoms with Gasteiger partial charge in [0.2, 0.25) is 0 Å². The molecule has 0 spiro atoms.